The summed E-state index contributed by atoms with van der Waals surface area (Å²) in [6.45, 7) is 7.42. The number of anilines is 1. The van der Waals surface area contributed by atoms with Crippen LogP contribution >= 0.6 is 0 Å². The Labute approximate surface area is 127 Å². The Morgan fingerprint density at radius 2 is 2.14 bits per heavy atom. The van der Waals surface area contributed by atoms with Crippen LogP contribution in [0.25, 0.3) is 0 Å². The number of benzene rings is 1. The van der Waals surface area contributed by atoms with Crippen molar-refractivity contribution in [3.8, 4) is 0 Å². The number of para-hydroxylation sites is 1. The maximum Gasteiger partial charge on any atom is 0.156 e. The zero-order valence-corrected chi connectivity index (χ0v) is 13.3. The van der Waals surface area contributed by atoms with E-state index in [1.165, 1.54) is 18.4 Å². The first-order valence-corrected chi connectivity index (χ1v) is 8.00. The zero-order chi connectivity index (χ0) is 15.0. The fourth-order valence-electron chi connectivity index (χ4n) is 3.47. The molecule has 2 aliphatic rings. The smallest absolute Gasteiger partial charge is 0.156 e. The molecule has 1 N–H and O–H groups in total. The van der Waals surface area contributed by atoms with E-state index in [1.54, 1.807) is 0 Å². The van der Waals surface area contributed by atoms with Gasteiger partial charge in [-0.2, -0.15) is 0 Å². The van der Waals surface area contributed by atoms with Crippen LogP contribution in [-0.4, -0.2) is 18.1 Å². The molecule has 2 unspecified atom stereocenters. The van der Waals surface area contributed by atoms with Crippen molar-refractivity contribution < 1.29 is 5.06 Å². The zero-order valence-electron chi connectivity index (χ0n) is 13.3. The molecule has 0 aromatic heterocycles. The fourth-order valence-corrected chi connectivity index (χ4v) is 3.47. The van der Waals surface area contributed by atoms with Gasteiger partial charge in [0.2, 0.25) is 0 Å². The van der Waals surface area contributed by atoms with E-state index in [1.807, 2.05) is 18.2 Å². The van der Waals surface area contributed by atoms with Crippen molar-refractivity contribution in [3.63, 3.8) is 0 Å². The summed E-state index contributed by atoms with van der Waals surface area (Å²) in [4.78, 5) is 2.35. The second-order valence-electron chi connectivity index (χ2n) is 7.16. The molecular formula is C18H25N2O. The number of hydrogen-bond acceptors (Lipinski definition) is 2. The second kappa shape index (κ2) is 5.47. The topological polar surface area (TPSA) is 30.7 Å². The highest BCUT2D eigenvalue weighted by Gasteiger charge is 2.37. The van der Waals surface area contributed by atoms with E-state index < -0.39 is 0 Å². The third-order valence-corrected chi connectivity index (χ3v) is 4.63. The number of hydroxylamine groups is 1. The predicted octanol–water partition coefficient (Wildman–Crippen LogP) is 2.99. The first-order chi connectivity index (χ1) is 9.98. The van der Waals surface area contributed by atoms with Crippen molar-refractivity contribution in [2.24, 2.45) is 0 Å². The number of rotatable bonds is 1. The minimum absolute atomic E-state index is 0.000774. The molecule has 113 valence electrons. The minimum atomic E-state index is 0.000774. The van der Waals surface area contributed by atoms with Gasteiger partial charge in [0.1, 0.15) is 11.7 Å². The molecule has 0 bridgehead atoms. The van der Waals surface area contributed by atoms with Gasteiger partial charge in [0.05, 0.1) is 6.54 Å². The molecule has 0 spiro atoms. The summed E-state index contributed by atoms with van der Waals surface area (Å²) in [6.07, 6.45) is 7.00. The van der Waals surface area contributed by atoms with Gasteiger partial charge in [-0.15, -0.1) is 0 Å². The van der Waals surface area contributed by atoms with Crippen molar-refractivity contribution in [2.45, 2.75) is 58.0 Å². The molecule has 0 amide bonds. The normalized spacial score (nSPS) is 26.3. The van der Waals surface area contributed by atoms with Crippen molar-refractivity contribution >= 4 is 11.4 Å². The molecule has 1 aliphatic carbocycles. The Hall–Kier alpha value is -1.32. The Morgan fingerprint density at radius 1 is 1.33 bits per heavy atom. The summed E-state index contributed by atoms with van der Waals surface area (Å²) in [6, 6.07) is 9.11. The Morgan fingerprint density at radius 3 is 2.81 bits per heavy atom. The highest BCUT2D eigenvalue weighted by atomic mass is 16.5. The molecule has 3 rings (SSSR count). The summed E-state index contributed by atoms with van der Waals surface area (Å²) >= 11 is 0. The number of fused-ring (bicyclic) bond motifs is 1. The molecule has 1 radical (unpaired) electrons. The quantitative estimate of drug-likeness (QED) is 0.635. The number of quaternary nitrogens is 1. The molecule has 0 saturated heterocycles. The van der Waals surface area contributed by atoms with E-state index in [-0.39, 0.29) is 16.6 Å². The van der Waals surface area contributed by atoms with Gasteiger partial charge in [0.15, 0.2) is 5.69 Å². The van der Waals surface area contributed by atoms with Crippen molar-refractivity contribution in [1.82, 2.24) is 0 Å². The number of hydrogen-bond donors (Lipinski definition) is 1. The van der Waals surface area contributed by atoms with Gasteiger partial charge in [-0.05, 0) is 52.0 Å². The maximum absolute atomic E-state index is 12.9. The van der Waals surface area contributed by atoms with Gasteiger partial charge < -0.3 is 15.2 Å². The number of nitrogens with zero attached hydrogens (tertiary/aromatic N) is 1. The average molecular weight is 285 g/mol. The lowest BCUT2D eigenvalue weighted by Gasteiger charge is -2.48. The highest BCUT2D eigenvalue weighted by molar-refractivity contribution is 5.65. The summed E-state index contributed by atoms with van der Waals surface area (Å²) in [7, 11) is 0. The molecule has 0 saturated carbocycles. The van der Waals surface area contributed by atoms with Crippen LogP contribution in [0, 0.1) is 11.3 Å². The molecule has 1 aromatic carbocycles. The van der Waals surface area contributed by atoms with Crippen LogP contribution in [0.5, 0.6) is 0 Å². The Balaban J connectivity index is 2.01. The molecular weight excluding hydrogens is 260 g/mol. The van der Waals surface area contributed by atoms with E-state index in [4.69, 9.17) is 0 Å². The standard InChI is InChI=1S/C18H25N2O/c1-18(2,3)19-13-17(14-9-5-4-6-10-14)20(21)16-12-8-7-11-15(16)19/h7-9,12,17,20H,4-6,10,13H2,1-3H3. The van der Waals surface area contributed by atoms with Crippen LogP contribution in [0.2, 0.25) is 0 Å². The molecule has 3 heteroatoms. The highest BCUT2D eigenvalue weighted by Crippen LogP contribution is 2.33. The van der Waals surface area contributed by atoms with E-state index in [0.717, 1.165) is 30.8 Å². The van der Waals surface area contributed by atoms with E-state index in [2.05, 4.69) is 37.8 Å². The Kier molecular flexibility index (Phi) is 3.80. The monoisotopic (exact) mass is 285 g/mol. The van der Waals surface area contributed by atoms with Crippen LogP contribution in [0.1, 0.15) is 46.5 Å². The van der Waals surface area contributed by atoms with E-state index in [0.29, 0.717) is 0 Å². The van der Waals surface area contributed by atoms with Crippen molar-refractivity contribution in [1.29, 1.82) is 0 Å². The summed E-state index contributed by atoms with van der Waals surface area (Å²) in [5, 5.41) is 13.2. The van der Waals surface area contributed by atoms with Crippen LogP contribution in [0.4, 0.5) is 11.4 Å². The van der Waals surface area contributed by atoms with Gasteiger partial charge in [-0.25, -0.2) is 0 Å². The van der Waals surface area contributed by atoms with Gasteiger partial charge in [-0.3, -0.25) is 0 Å². The molecule has 1 aromatic rings. The van der Waals surface area contributed by atoms with Gasteiger partial charge >= 0.3 is 0 Å². The molecule has 21 heavy (non-hydrogen) atoms. The lowest BCUT2D eigenvalue weighted by Crippen LogP contribution is -3.09. The van der Waals surface area contributed by atoms with Gasteiger partial charge in [0, 0.05) is 17.7 Å². The minimum Gasteiger partial charge on any atom is -0.628 e. The molecule has 1 heterocycles. The Bertz CT molecular complexity index is 544. The summed E-state index contributed by atoms with van der Waals surface area (Å²) < 4.78 is 0. The third-order valence-electron chi connectivity index (χ3n) is 4.63. The number of nitrogens with one attached hydrogen (secondary N) is 1. The van der Waals surface area contributed by atoms with Crippen molar-refractivity contribution in [2.75, 3.05) is 11.4 Å². The first-order valence-electron chi connectivity index (χ1n) is 8.00. The van der Waals surface area contributed by atoms with Crippen LogP contribution in [0.3, 0.4) is 0 Å². The van der Waals surface area contributed by atoms with E-state index in [9.17, 15) is 5.21 Å². The molecule has 1 aliphatic heterocycles. The average Bonchev–Trinajstić information content (AvgIpc) is 2.47. The largest absolute Gasteiger partial charge is 0.628 e. The first kappa shape index (κ1) is 14.6. The van der Waals surface area contributed by atoms with Gasteiger partial charge in [-0.1, -0.05) is 18.2 Å². The fraction of sp³-hybridized carbons (Fsp3) is 0.556. The summed E-state index contributed by atoms with van der Waals surface area (Å²) in [5.74, 6) is 0. The van der Waals surface area contributed by atoms with Crippen LogP contribution < -0.4 is 9.96 Å². The second-order valence-corrected chi connectivity index (χ2v) is 7.16. The lowest BCUT2D eigenvalue weighted by atomic mass is 9.90. The van der Waals surface area contributed by atoms with Crippen LogP contribution in [-0.2, 0) is 0 Å². The van der Waals surface area contributed by atoms with E-state index >= 15 is 0 Å². The summed E-state index contributed by atoms with van der Waals surface area (Å²) in [5.41, 5.74) is 3.17. The number of allylic oxidation sites excluding steroid dienone is 1. The maximum atomic E-state index is 12.9. The van der Waals surface area contributed by atoms with Crippen LogP contribution in [0.15, 0.2) is 29.8 Å². The predicted molar refractivity (Wildman–Crippen MR) is 86.7 cm³/mol. The molecule has 3 nitrogen and oxygen atoms in total. The van der Waals surface area contributed by atoms with Crippen molar-refractivity contribution in [3.05, 3.63) is 41.1 Å². The SMILES string of the molecule is CC(C)(C)N1CC(C2=CCCCC2)[NH+]([O-])c2ccc[c]c21. The molecule has 2 atom stereocenters. The molecule has 0 fully saturated rings. The third kappa shape index (κ3) is 2.72. The van der Waals surface area contributed by atoms with Gasteiger partial charge in [0.25, 0.3) is 0 Å². The lowest BCUT2D eigenvalue weighted by molar-refractivity contribution is -0.800.